The maximum Gasteiger partial charge on any atom is 0.416 e. The molecule has 0 aromatic heterocycles. The van der Waals surface area contributed by atoms with Crippen molar-refractivity contribution in [3.8, 4) is 17.6 Å². The van der Waals surface area contributed by atoms with Crippen LogP contribution in [0.4, 0.5) is 13.2 Å². The van der Waals surface area contributed by atoms with Crippen LogP contribution in [0.2, 0.25) is 0 Å². The minimum absolute atomic E-state index is 0.124. The SMILES string of the molecule is COc1ccc(C(=O)N2CCN(C(=O)C#Cc3ccc(C(F)(F)F)cc3)CC2)cc1. The minimum atomic E-state index is -4.41. The molecule has 2 aromatic rings. The molecule has 0 aliphatic carbocycles. The van der Waals surface area contributed by atoms with Crippen LogP contribution in [0.25, 0.3) is 0 Å². The number of carbonyl (C=O) groups excluding carboxylic acids is 2. The summed E-state index contributed by atoms with van der Waals surface area (Å²) in [4.78, 5) is 28.0. The highest BCUT2D eigenvalue weighted by atomic mass is 19.4. The van der Waals surface area contributed by atoms with Crippen molar-refractivity contribution < 1.29 is 27.5 Å². The zero-order chi connectivity index (χ0) is 21.7. The van der Waals surface area contributed by atoms with E-state index < -0.39 is 17.6 Å². The molecule has 0 unspecified atom stereocenters. The summed E-state index contributed by atoms with van der Waals surface area (Å²) in [5.74, 6) is 5.16. The summed E-state index contributed by atoms with van der Waals surface area (Å²) < 4.78 is 42.8. The third-order valence-corrected chi connectivity index (χ3v) is 4.72. The van der Waals surface area contributed by atoms with E-state index in [1.807, 2.05) is 0 Å². The van der Waals surface area contributed by atoms with Crippen LogP contribution in [-0.4, -0.2) is 54.9 Å². The maximum atomic E-state index is 12.6. The van der Waals surface area contributed by atoms with E-state index in [2.05, 4.69) is 11.8 Å². The Labute approximate surface area is 172 Å². The third-order valence-electron chi connectivity index (χ3n) is 4.72. The average Bonchev–Trinajstić information content (AvgIpc) is 2.77. The number of hydrogen-bond donors (Lipinski definition) is 0. The Morgan fingerprint density at radius 3 is 2.00 bits per heavy atom. The van der Waals surface area contributed by atoms with Crippen molar-refractivity contribution in [3.63, 3.8) is 0 Å². The fourth-order valence-electron chi connectivity index (χ4n) is 2.98. The number of halogens is 3. The highest BCUT2D eigenvalue weighted by Gasteiger charge is 2.30. The van der Waals surface area contributed by atoms with Crippen molar-refractivity contribution in [2.45, 2.75) is 6.18 Å². The molecule has 30 heavy (non-hydrogen) atoms. The van der Waals surface area contributed by atoms with Crippen LogP contribution < -0.4 is 4.74 Å². The number of benzene rings is 2. The number of piperazine rings is 1. The predicted octanol–water partition coefficient (Wildman–Crippen LogP) is 3.05. The van der Waals surface area contributed by atoms with E-state index in [9.17, 15) is 22.8 Å². The molecule has 1 saturated heterocycles. The number of nitrogens with zero attached hydrogens (tertiary/aromatic N) is 2. The lowest BCUT2D eigenvalue weighted by Gasteiger charge is -2.33. The van der Waals surface area contributed by atoms with Gasteiger partial charge in [-0.3, -0.25) is 9.59 Å². The fraction of sp³-hybridized carbons (Fsp3) is 0.273. The number of rotatable bonds is 2. The molecule has 2 amide bonds. The molecule has 0 atom stereocenters. The Kier molecular flexibility index (Phi) is 6.31. The first kappa shape index (κ1) is 21.2. The van der Waals surface area contributed by atoms with Gasteiger partial charge in [0.25, 0.3) is 11.8 Å². The van der Waals surface area contributed by atoms with Crippen molar-refractivity contribution in [1.29, 1.82) is 0 Å². The molecule has 0 radical (unpaired) electrons. The number of amides is 2. The maximum absolute atomic E-state index is 12.6. The molecule has 2 aromatic carbocycles. The van der Waals surface area contributed by atoms with Crippen LogP contribution in [0.3, 0.4) is 0 Å². The number of alkyl halides is 3. The van der Waals surface area contributed by atoms with E-state index in [0.717, 1.165) is 12.1 Å². The van der Waals surface area contributed by atoms with Gasteiger partial charge in [0.1, 0.15) is 5.75 Å². The molecule has 156 valence electrons. The monoisotopic (exact) mass is 416 g/mol. The Morgan fingerprint density at radius 2 is 1.47 bits per heavy atom. The van der Waals surface area contributed by atoms with E-state index in [-0.39, 0.29) is 5.91 Å². The van der Waals surface area contributed by atoms with E-state index in [4.69, 9.17) is 4.74 Å². The highest BCUT2D eigenvalue weighted by molar-refractivity contribution is 5.96. The molecule has 1 aliphatic heterocycles. The quantitative estimate of drug-likeness (QED) is 0.708. The zero-order valence-electron chi connectivity index (χ0n) is 16.2. The van der Waals surface area contributed by atoms with Gasteiger partial charge in [-0.15, -0.1) is 0 Å². The van der Waals surface area contributed by atoms with Gasteiger partial charge in [0.2, 0.25) is 0 Å². The van der Waals surface area contributed by atoms with Crippen molar-refractivity contribution in [3.05, 3.63) is 65.2 Å². The molecular weight excluding hydrogens is 397 g/mol. The van der Waals surface area contributed by atoms with Gasteiger partial charge >= 0.3 is 6.18 Å². The van der Waals surface area contributed by atoms with E-state index in [1.165, 1.54) is 17.0 Å². The van der Waals surface area contributed by atoms with Crippen molar-refractivity contribution in [1.82, 2.24) is 9.80 Å². The van der Waals surface area contributed by atoms with E-state index in [0.29, 0.717) is 43.1 Å². The van der Waals surface area contributed by atoms with Crippen LogP contribution in [0.5, 0.6) is 5.75 Å². The van der Waals surface area contributed by atoms with Gasteiger partial charge in [0.15, 0.2) is 0 Å². The first-order valence-electron chi connectivity index (χ1n) is 9.19. The van der Waals surface area contributed by atoms with E-state index in [1.54, 1.807) is 36.3 Å². The molecule has 0 bridgehead atoms. The highest BCUT2D eigenvalue weighted by Crippen LogP contribution is 2.28. The number of carbonyl (C=O) groups is 2. The first-order valence-corrected chi connectivity index (χ1v) is 9.19. The molecule has 0 spiro atoms. The summed E-state index contributed by atoms with van der Waals surface area (Å²) in [6, 6.07) is 11.1. The summed E-state index contributed by atoms with van der Waals surface area (Å²) in [5.41, 5.74) is 0.0966. The van der Waals surface area contributed by atoms with Gasteiger partial charge in [0, 0.05) is 43.2 Å². The molecule has 1 heterocycles. The van der Waals surface area contributed by atoms with Crippen molar-refractivity contribution in [2.24, 2.45) is 0 Å². The molecule has 8 heteroatoms. The second kappa shape index (κ2) is 8.91. The van der Waals surface area contributed by atoms with Gasteiger partial charge in [-0.1, -0.05) is 5.92 Å². The Balaban J connectivity index is 1.55. The Morgan fingerprint density at radius 1 is 0.900 bits per heavy atom. The number of hydrogen-bond acceptors (Lipinski definition) is 3. The molecule has 0 saturated carbocycles. The summed E-state index contributed by atoms with van der Waals surface area (Å²) >= 11 is 0. The topological polar surface area (TPSA) is 49.9 Å². The van der Waals surface area contributed by atoms with Crippen molar-refractivity contribution in [2.75, 3.05) is 33.3 Å². The third kappa shape index (κ3) is 5.11. The fourth-order valence-corrected chi connectivity index (χ4v) is 2.98. The van der Waals surface area contributed by atoms with Crippen LogP contribution in [-0.2, 0) is 11.0 Å². The standard InChI is InChI=1S/C22H19F3N2O3/c1-30-19-9-5-17(6-10-19)21(29)27-14-12-26(13-15-27)20(28)11-4-16-2-7-18(8-3-16)22(23,24)25/h2-3,5-10H,12-15H2,1H3. The van der Waals surface area contributed by atoms with Crippen LogP contribution in [0.15, 0.2) is 48.5 Å². The second-order valence-electron chi connectivity index (χ2n) is 6.64. The van der Waals surface area contributed by atoms with Gasteiger partial charge in [-0.2, -0.15) is 13.2 Å². The summed E-state index contributed by atoms with van der Waals surface area (Å²) in [5, 5.41) is 0. The number of methoxy groups -OCH3 is 1. The Bertz CT molecular complexity index is 966. The lowest BCUT2D eigenvalue weighted by Crippen LogP contribution is -2.50. The lowest BCUT2D eigenvalue weighted by molar-refractivity contribution is -0.137. The van der Waals surface area contributed by atoms with Crippen LogP contribution in [0.1, 0.15) is 21.5 Å². The number of ether oxygens (including phenoxy) is 1. The Hall–Kier alpha value is -3.47. The zero-order valence-corrected chi connectivity index (χ0v) is 16.2. The molecule has 1 aliphatic rings. The second-order valence-corrected chi connectivity index (χ2v) is 6.64. The minimum Gasteiger partial charge on any atom is -0.497 e. The molecule has 3 rings (SSSR count). The molecular formula is C22H19F3N2O3. The summed E-state index contributed by atoms with van der Waals surface area (Å²) in [6.45, 7) is 1.42. The van der Waals surface area contributed by atoms with Gasteiger partial charge < -0.3 is 14.5 Å². The van der Waals surface area contributed by atoms with Gasteiger partial charge in [-0.25, -0.2) is 0 Å². The molecule has 1 fully saturated rings. The molecule has 0 N–H and O–H groups in total. The predicted molar refractivity (Wildman–Crippen MR) is 104 cm³/mol. The smallest absolute Gasteiger partial charge is 0.416 e. The first-order chi connectivity index (χ1) is 14.3. The van der Waals surface area contributed by atoms with Gasteiger partial charge in [-0.05, 0) is 48.5 Å². The van der Waals surface area contributed by atoms with Crippen LogP contribution >= 0.6 is 0 Å². The van der Waals surface area contributed by atoms with Gasteiger partial charge in [0.05, 0.1) is 12.7 Å². The normalized spacial score (nSPS) is 14.0. The van der Waals surface area contributed by atoms with Crippen LogP contribution in [0, 0.1) is 11.8 Å². The largest absolute Gasteiger partial charge is 0.497 e. The lowest BCUT2D eigenvalue weighted by atomic mass is 10.1. The average molecular weight is 416 g/mol. The summed E-state index contributed by atoms with van der Waals surface area (Å²) in [6.07, 6.45) is -4.41. The summed E-state index contributed by atoms with van der Waals surface area (Å²) in [7, 11) is 1.55. The molecule has 5 nitrogen and oxygen atoms in total. The van der Waals surface area contributed by atoms with E-state index >= 15 is 0 Å². The van der Waals surface area contributed by atoms with Crippen molar-refractivity contribution >= 4 is 11.8 Å².